The number of rotatable bonds is 6. The highest BCUT2D eigenvalue weighted by atomic mass is 32.3. The van der Waals surface area contributed by atoms with Gasteiger partial charge in [0.05, 0.1) is 6.17 Å². The number of hydrogen-bond donors (Lipinski definition) is 12. The van der Waals surface area contributed by atoms with E-state index in [1.165, 1.54) is 12.1 Å². The standard InChI is InChI=1S/C12H26N10O2.H2O4S/c13-7(14)9(15,16)11(19,20)12(21,22)10(17,18)8(23)24-6-4-2-1-3-5-6;1-5(2,3)4/h1-5,7H,13-22H2;(H2,1,2,3,4). The Morgan fingerprint density at radius 2 is 1.24 bits per heavy atom. The van der Waals surface area contributed by atoms with Gasteiger partial charge in [0.1, 0.15) is 22.7 Å². The highest BCUT2D eigenvalue weighted by Crippen LogP contribution is 2.24. The zero-order valence-corrected chi connectivity index (χ0v) is 16.0. The highest BCUT2D eigenvalue weighted by Gasteiger charge is 2.64. The van der Waals surface area contributed by atoms with Gasteiger partial charge in [0.15, 0.2) is 5.66 Å². The zero-order chi connectivity index (χ0) is 23.5. The third-order valence-corrected chi connectivity index (χ3v) is 3.93. The third-order valence-electron chi connectivity index (χ3n) is 3.93. The number of hydrogen-bond acceptors (Lipinski definition) is 14. The fourth-order valence-corrected chi connectivity index (χ4v) is 1.83. The number of nitrogens with two attached hydrogens (primary N) is 10. The van der Waals surface area contributed by atoms with Crippen molar-refractivity contribution in [2.45, 2.75) is 28.8 Å². The average molecular weight is 440 g/mol. The van der Waals surface area contributed by atoms with E-state index < -0.39 is 45.2 Å². The van der Waals surface area contributed by atoms with Crippen LogP contribution < -0.4 is 62.1 Å². The summed E-state index contributed by atoms with van der Waals surface area (Å²) in [6.45, 7) is 0. The van der Waals surface area contributed by atoms with Crippen LogP contribution in [0.1, 0.15) is 0 Å². The summed E-state index contributed by atoms with van der Waals surface area (Å²) in [7, 11) is -4.67. The lowest BCUT2D eigenvalue weighted by molar-refractivity contribution is -0.145. The van der Waals surface area contributed by atoms with Crippen LogP contribution in [-0.2, 0) is 15.2 Å². The molecule has 0 aliphatic heterocycles. The fourth-order valence-electron chi connectivity index (χ4n) is 1.83. The van der Waals surface area contributed by atoms with Gasteiger partial charge >= 0.3 is 16.4 Å². The molecule has 0 aliphatic rings. The van der Waals surface area contributed by atoms with Gasteiger partial charge in [-0.2, -0.15) is 8.42 Å². The van der Waals surface area contributed by atoms with Gasteiger partial charge in [0.2, 0.25) is 0 Å². The van der Waals surface area contributed by atoms with Crippen LogP contribution in [0, 0.1) is 0 Å². The molecule has 22 N–H and O–H groups in total. The Labute approximate surface area is 166 Å². The van der Waals surface area contributed by atoms with Crippen molar-refractivity contribution in [1.82, 2.24) is 0 Å². The van der Waals surface area contributed by atoms with E-state index >= 15 is 0 Å². The lowest BCUT2D eigenvalue weighted by atomic mass is 9.75. The van der Waals surface area contributed by atoms with Crippen LogP contribution >= 0.6 is 0 Å². The monoisotopic (exact) mass is 440 g/mol. The maximum absolute atomic E-state index is 12.3. The molecule has 17 heteroatoms. The molecule has 0 unspecified atom stereocenters. The Balaban J connectivity index is 0.00000139. The van der Waals surface area contributed by atoms with Gasteiger partial charge in [-0.1, -0.05) is 18.2 Å². The van der Waals surface area contributed by atoms with Crippen molar-refractivity contribution in [1.29, 1.82) is 0 Å². The number of carbonyl (C=O) groups excluding carboxylic acids is 1. The summed E-state index contributed by atoms with van der Waals surface area (Å²) in [5.41, 5.74) is 47.4. The fraction of sp³-hybridized carbons (Fsp3) is 0.417. The summed E-state index contributed by atoms with van der Waals surface area (Å²) in [5, 5.41) is 0. The minimum Gasteiger partial charge on any atom is -0.424 e. The first-order valence-electron chi connectivity index (χ1n) is 7.49. The molecule has 0 fully saturated rings. The lowest BCUT2D eigenvalue weighted by Gasteiger charge is -2.54. The van der Waals surface area contributed by atoms with Gasteiger partial charge in [-0.3, -0.25) is 9.11 Å². The summed E-state index contributed by atoms with van der Waals surface area (Å²) in [6, 6.07) is 7.89. The van der Waals surface area contributed by atoms with Crippen molar-refractivity contribution in [3.05, 3.63) is 30.3 Å². The van der Waals surface area contributed by atoms with Crippen LogP contribution in [0.2, 0.25) is 0 Å². The van der Waals surface area contributed by atoms with Crippen molar-refractivity contribution in [3.8, 4) is 5.75 Å². The second kappa shape index (κ2) is 8.89. The second-order valence-corrected chi connectivity index (χ2v) is 7.11. The number of esters is 1. The van der Waals surface area contributed by atoms with E-state index in [-0.39, 0.29) is 5.75 Å². The molecule has 29 heavy (non-hydrogen) atoms. The van der Waals surface area contributed by atoms with Gasteiger partial charge < -0.3 is 62.1 Å². The maximum Gasteiger partial charge on any atom is 0.394 e. The van der Waals surface area contributed by atoms with Gasteiger partial charge in [0, 0.05) is 0 Å². The molecular weight excluding hydrogens is 412 g/mol. The maximum atomic E-state index is 12.3. The van der Waals surface area contributed by atoms with Crippen LogP contribution in [-0.4, -0.2) is 52.3 Å². The molecule has 0 aromatic heterocycles. The minimum absolute atomic E-state index is 0.139. The Morgan fingerprint density at radius 1 is 0.862 bits per heavy atom. The summed E-state index contributed by atoms with van der Waals surface area (Å²) >= 11 is 0. The molecule has 0 atom stereocenters. The molecule has 0 aliphatic carbocycles. The molecule has 0 spiro atoms. The van der Waals surface area contributed by atoms with Crippen LogP contribution in [0.15, 0.2) is 30.3 Å². The highest BCUT2D eigenvalue weighted by molar-refractivity contribution is 7.79. The van der Waals surface area contributed by atoms with Gasteiger partial charge in [-0.15, -0.1) is 0 Å². The Hall–Kier alpha value is -1.84. The molecule has 0 radical (unpaired) electrons. The first kappa shape index (κ1) is 27.2. The van der Waals surface area contributed by atoms with Crippen molar-refractivity contribution in [2.75, 3.05) is 0 Å². The molecule has 0 amide bonds. The average Bonchev–Trinajstić information content (AvgIpc) is 2.53. The molecule has 16 nitrogen and oxygen atoms in total. The molecule has 1 rings (SSSR count). The molecule has 0 heterocycles. The first-order valence-corrected chi connectivity index (χ1v) is 8.88. The molecule has 1 aromatic carbocycles. The van der Waals surface area contributed by atoms with Crippen molar-refractivity contribution < 1.29 is 27.1 Å². The lowest BCUT2D eigenvalue weighted by Crippen LogP contribution is -3.00. The quantitative estimate of drug-likeness (QED) is 0.0845. The van der Waals surface area contributed by atoms with E-state index in [2.05, 4.69) is 0 Å². The van der Waals surface area contributed by atoms with Gasteiger partial charge in [0.25, 0.3) is 0 Å². The van der Waals surface area contributed by atoms with Crippen LogP contribution in [0.25, 0.3) is 0 Å². The molecule has 168 valence electrons. The predicted octanol–water partition coefficient (Wildman–Crippen LogP) is -6.36. The third kappa shape index (κ3) is 6.32. The van der Waals surface area contributed by atoms with Gasteiger partial charge in [-0.05, 0) is 12.1 Å². The second-order valence-electron chi connectivity index (χ2n) is 6.22. The summed E-state index contributed by atoms with van der Waals surface area (Å²) < 4.78 is 36.6. The van der Waals surface area contributed by atoms with Crippen LogP contribution in [0.5, 0.6) is 5.75 Å². The number of carbonyl (C=O) groups is 1. The molecule has 1 aromatic rings. The minimum atomic E-state index is -4.67. The molecule has 0 saturated heterocycles. The van der Waals surface area contributed by atoms with Crippen molar-refractivity contribution in [3.63, 3.8) is 0 Å². The number of para-hydroxylation sites is 1. The van der Waals surface area contributed by atoms with E-state index in [0.717, 1.165) is 0 Å². The predicted molar refractivity (Wildman–Crippen MR) is 103 cm³/mol. The van der Waals surface area contributed by atoms with E-state index in [9.17, 15) is 4.79 Å². The van der Waals surface area contributed by atoms with Crippen LogP contribution in [0.4, 0.5) is 0 Å². The van der Waals surface area contributed by atoms with E-state index in [1.807, 2.05) is 0 Å². The molecule has 0 bridgehead atoms. The largest absolute Gasteiger partial charge is 0.424 e. The summed E-state index contributed by atoms with van der Waals surface area (Å²) in [5.74, 6) is -1.08. The van der Waals surface area contributed by atoms with E-state index in [0.29, 0.717) is 0 Å². The zero-order valence-electron chi connectivity index (χ0n) is 15.2. The summed E-state index contributed by atoms with van der Waals surface area (Å²) in [6.07, 6.45) is -1.46. The topological polar surface area (TPSA) is 361 Å². The summed E-state index contributed by atoms with van der Waals surface area (Å²) in [4.78, 5) is 12.3. The van der Waals surface area contributed by atoms with E-state index in [1.54, 1.807) is 18.2 Å². The molecule has 0 saturated carbocycles. The Bertz CT molecular complexity index is 789. The Morgan fingerprint density at radius 3 is 1.59 bits per heavy atom. The first-order chi connectivity index (χ1) is 12.7. The Kier molecular flexibility index (Phi) is 8.33. The smallest absolute Gasteiger partial charge is 0.394 e. The molecular formula is C12H28N10O6S. The normalized spacial score (nSPS) is 13.6. The number of benzene rings is 1. The van der Waals surface area contributed by atoms with Crippen molar-refractivity contribution in [2.24, 2.45) is 57.3 Å². The SMILES string of the molecule is NC(N)C(N)(N)C(N)(N)C(N)(N)C(N)(N)C(=O)Oc1ccccc1.O=S(=O)(O)O. The van der Waals surface area contributed by atoms with Crippen molar-refractivity contribution >= 4 is 16.4 Å². The van der Waals surface area contributed by atoms with Gasteiger partial charge in [-0.25, -0.2) is 4.79 Å². The van der Waals surface area contributed by atoms with E-state index in [4.69, 9.17) is 79.6 Å². The van der Waals surface area contributed by atoms with Crippen LogP contribution in [0.3, 0.4) is 0 Å². The number of ether oxygens (including phenoxy) is 1.